The van der Waals surface area contributed by atoms with E-state index in [1.807, 2.05) is 13.8 Å². The predicted octanol–water partition coefficient (Wildman–Crippen LogP) is 22.7. The fourth-order valence-electron chi connectivity index (χ4n) is 12.7. The van der Waals surface area contributed by atoms with E-state index < -0.39 is 24.0 Å². The van der Waals surface area contributed by atoms with E-state index in [0.29, 0.717) is 12.8 Å². The summed E-state index contributed by atoms with van der Waals surface area (Å²) in [6.45, 7) is 16.8. The van der Waals surface area contributed by atoms with Gasteiger partial charge in [-0.3, -0.25) is 9.80 Å². The number of hydrogen-bond donors (Lipinski definition) is 0. The van der Waals surface area contributed by atoms with Crippen molar-refractivity contribution in [3.05, 3.63) is 0 Å². The van der Waals surface area contributed by atoms with Gasteiger partial charge in [0.05, 0.1) is 11.9 Å². The van der Waals surface area contributed by atoms with Crippen LogP contribution in [0.1, 0.15) is 440 Å². The molecule has 0 heterocycles. The van der Waals surface area contributed by atoms with Crippen LogP contribution in [0.5, 0.6) is 0 Å². The molecule has 83 heavy (non-hydrogen) atoms. The maximum Gasteiger partial charge on any atom is 2.00 e. The Hall–Kier alpha value is 0.120. The molecule has 0 saturated heterocycles. The molecule has 0 N–H and O–H groups in total. The maximum absolute atomic E-state index is 11.7. The van der Waals surface area contributed by atoms with E-state index in [-0.39, 0.29) is 37.7 Å². The summed E-state index contributed by atoms with van der Waals surface area (Å²) in [7, 11) is 0. The molecule has 0 aromatic heterocycles. The van der Waals surface area contributed by atoms with Crippen LogP contribution in [0.25, 0.3) is 0 Å². The van der Waals surface area contributed by atoms with Crippen LogP contribution in [0.2, 0.25) is 0 Å². The molecule has 492 valence electrons. The van der Waals surface area contributed by atoms with Crippen molar-refractivity contribution in [2.24, 2.45) is 0 Å². The molecule has 0 fully saturated rings. The Bertz CT molecular complexity index is 1050. The Kier molecular flexibility index (Phi) is 80.3. The number of unbranched alkanes of at least 4 members (excludes halogenated alkanes) is 56. The van der Waals surface area contributed by atoms with E-state index in [0.717, 1.165) is 51.9 Å². The number of carboxylic acid groups (broad SMARTS) is 2. The number of aliphatic carboxylic acids is 2. The summed E-state index contributed by atoms with van der Waals surface area (Å²) in [4.78, 5) is 27.9. The number of nitrogens with zero attached hydrogens (tertiary/aromatic N) is 2. The van der Waals surface area contributed by atoms with Crippen LogP contribution in [0.15, 0.2) is 0 Å². The Labute approximate surface area is 553 Å². The van der Waals surface area contributed by atoms with Crippen LogP contribution < -0.4 is 10.2 Å². The monoisotopic (exact) mass is 1200 g/mol. The topological polar surface area (TPSA) is 86.7 Å². The molecule has 7 heteroatoms. The molecule has 6 nitrogen and oxygen atoms in total. The van der Waals surface area contributed by atoms with Crippen molar-refractivity contribution in [1.29, 1.82) is 0 Å². The van der Waals surface area contributed by atoms with Crippen molar-refractivity contribution in [3.8, 4) is 0 Å². The second kappa shape index (κ2) is 76.4. The largest absolute Gasteiger partial charge is 2.00 e. The minimum Gasteiger partial charge on any atom is -0.548 e. The number of rotatable bonds is 70. The minimum absolute atomic E-state index is 0. The van der Waals surface area contributed by atoms with Gasteiger partial charge in [-0.25, -0.2) is 0 Å². The fourth-order valence-corrected chi connectivity index (χ4v) is 12.7. The van der Waals surface area contributed by atoms with Gasteiger partial charge in [0.25, 0.3) is 0 Å². The van der Waals surface area contributed by atoms with Gasteiger partial charge < -0.3 is 19.8 Å². The molecule has 0 aliphatic rings. The predicted molar refractivity (Wildman–Crippen MR) is 367 cm³/mol. The standard InChI is InChI=1S/2C38H77NO2.Ca/c2*1-4-7-9-11-13-15-17-19-21-23-25-27-29-31-33-35-39(37(6-3)38(40)41)36-34-32-30-28-26-24-22-20-18-16-14-12-10-8-5-2;/h2*37H,4-36H2,1-3H3,(H,40,41);/q;;+2/p-2. The van der Waals surface area contributed by atoms with E-state index in [9.17, 15) is 19.8 Å². The van der Waals surface area contributed by atoms with Crippen LogP contribution >= 0.6 is 0 Å². The third-order valence-corrected chi connectivity index (χ3v) is 18.4. The van der Waals surface area contributed by atoms with Gasteiger partial charge in [-0.05, 0) is 64.7 Å². The summed E-state index contributed by atoms with van der Waals surface area (Å²) in [5.41, 5.74) is 0. The average Bonchev–Trinajstić information content (AvgIpc) is 3.47. The van der Waals surface area contributed by atoms with Gasteiger partial charge in [0.2, 0.25) is 0 Å². The molecule has 0 radical (unpaired) electrons. The smallest absolute Gasteiger partial charge is 0.548 e. The number of carboxylic acids is 2. The summed E-state index contributed by atoms with van der Waals surface area (Å²) in [6.07, 6.45) is 83.4. The zero-order valence-corrected chi connectivity index (χ0v) is 60.3. The van der Waals surface area contributed by atoms with Gasteiger partial charge in [-0.15, -0.1) is 0 Å². The molecule has 0 rings (SSSR count). The maximum atomic E-state index is 11.7. The molecule has 0 aliphatic heterocycles. The van der Waals surface area contributed by atoms with Crippen molar-refractivity contribution >= 4 is 49.7 Å². The second-order valence-corrected chi connectivity index (χ2v) is 26.4. The normalized spacial score (nSPS) is 12.2. The Balaban J connectivity index is -0.00000152. The number of carbonyl (C=O) groups is 2. The summed E-state index contributed by atoms with van der Waals surface area (Å²) < 4.78 is 0. The molecule has 0 aliphatic carbocycles. The van der Waals surface area contributed by atoms with Crippen molar-refractivity contribution in [2.75, 3.05) is 26.2 Å². The van der Waals surface area contributed by atoms with Gasteiger partial charge in [0, 0.05) is 12.1 Å². The minimum atomic E-state index is -0.880. The molecular formula is C76H152CaN2O4. The number of carbonyl (C=O) groups excluding carboxylic acids is 2. The second-order valence-electron chi connectivity index (χ2n) is 26.4. The van der Waals surface area contributed by atoms with Gasteiger partial charge in [0.15, 0.2) is 0 Å². The van der Waals surface area contributed by atoms with Crippen molar-refractivity contribution in [2.45, 2.75) is 452 Å². The van der Waals surface area contributed by atoms with Gasteiger partial charge >= 0.3 is 37.7 Å². The van der Waals surface area contributed by atoms with E-state index in [1.54, 1.807) is 0 Å². The van der Waals surface area contributed by atoms with Gasteiger partial charge in [0.1, 0.15) is 0 Å². The van der Waals surface area contributed by atoms with Gasteiger partial charge in [-0.1, -0.05) is 401 Å². The molecule has 0 amide bonds. The van der Waals surface area contributed by atoms with E-state index in [1.165, 1.54) is 360 Å². The van der Waals surface area contributed by atoms with E-state index in [2.05, 4.69) is 37.5 Å². The quantitative estimate of drug-likeness (QED) is 0.0445. The van der Waals surface area contributed by atoms with Crippen LogP contribution in [0, 0.1) is 0 Å². The fraction of sp³-hybridized carbons (Fsp3) is 0.974. The zero-order valence-electron chi connectivity index (χ0n) is 58.1. The summed E-state index contributed by atoms with van der Waals surface area (Å²) in [5.74, 6) is -1.76. The van der Waals surface area contributed by atoms with Crippen LogP contribution in [-0.4, -0.2) is 97.7 Å². The van der Waals surface area contributed by atoms with Crippen molar-refractivity contribution in [3.63, 3.8) is 0 Å². The van der Waals surface area contributed by atoms with E-state index >= 15 is 0 Å². The molecule has 0 aromatic rings. The summed E-state index contributed by atoms with van der Waals surface area (Å²) in [6, 6.07) is -0.818. The molecule has 2 atom stereocenters. The molecular weight excluding hydrogens is 1040 g/mol. The Morgan fingerprint density at radius 1 is 0.217 bits per heavy atom. The van der Waals surface area contributed by atoms with Crippen LogP contribution in [0.4, 0.5) is 0 Å². The molecule has 0 spiro atoms. The third-order valence-electron chi connectivity index (χ3n) is 18.4. The molecule has 0 saturated carbocycles. The van der Waals surface area contributed by atoms with E-state index in [4.69, 9.17) is 0 Å². The van der Waals surface area contributed by atoms with Crippen molar-refractivity contribution in [1.82, 2.24) is 9.80 Å². The Morgan fingerprint density at radius 3 is 0.422 bits per heavy atom. The SMILES string of the molecule is CCCCCCCCCCCCCCCCCN(CCCCCCCCCCCCCCCCC)C(CC)C(=O)[O-].CCCCCCCCCCCCCCCCCN(CCCCCCCCCCCCCCCCC)C(CC)C(=O)[O-].[Ca+2]. The van der Waals surface area contributed by atoms with Crippen LogP contribution in [-0.2, 0) is 9.59 Å². The van der Waals surface area contributed by atoms with Crippen LogP contribution in [0.3, 0.4) is 0 Å². The summed E-state index contributed by atoms with van der Waals surface area (Å²) in [5, 5.41) is 23.5. The average molecular weight is 1200 g/mol. The first kappa shape index (κ1) is 87.3. The first-order chi connectivity index (χ1) is 40.3. The third kappa shape index (κ3) is 67.9. The molecule has 0 bridgehead atoms. The molecule has 2 unspecified atom stereocenters. The number of hydrogen-bond acceptors (Lipinski definition) is 6. The van der Waals surface area contributed by atoms with Crippen molar-refractivity contribution < 1.29 is 19.8 Å². The first-order valence-corrected chi connectivity index (χ1v) is 38.2. The Morgan fingerprint density at radius 2 is 0.325 bits per heavy atom. The summed E-state index contributed by atoms with van der Waals surface area (Å²) >= 11 is 0. The van der Waals surface area contributed by atoms with Gasteiger partial charge in [-0.2, -0.15) is 0 Å². The first-order valence-electron chi connectivity index (χ1n) is 38.2. The molecule has 0 aromatic carbocycles. The zero-order chi connectivity index (χ0) is 60.1.